The summed E-state index contributed by atoms with van der Waals surface area (Å²) in [4.78, 5) is 19.6. The highest BCUT2D eigenvalue weighted by molar-refractivity contribution is 9.10. The van der Waals surface area contributed by atoms with E-state index in [1.54, 1.807) is 6.07 Å². The average Bonchev–Trinajstić information content (AvgIpc) is 2.54. The second-order valence-corrected chi connectivity index (χ2v) is 6.17. The van der Waals surface area contributed by atoms with Crippen LogP contribution >= 0.6 is 15.9 Å². The van der Waals surface area contributed by atoms with Crippen molar-refractivity contribution in [2.24, 2.45) is 10.7 Å². The van der Waals surface area contributed by atoms with Crippen molar-refractivity contribution < 1.29 is 4.57 Å². The molecule has 0 radical (unpaired) electrons. The molecule has 2 aromatic carbocycles. The van der Waals surface area contributed by atoms with E-state index >= 15 is 0 Å². The molecule has 1 aliphatic rings. The Bertz CT molecular complexity index is 1010. The summed E-state index contributed by atoms with van der Waals surface area (Å²) < 4.78 is 2.90. The molecule has 23 heavy (non-hydrogen) atoms. The van der Waals surface area contributed by atoms with Gasteiger partial charge in [-0.1, -0.05) is 40.2 Å². The molecule has 0 amide bonds. The number of benzene rings is 2. The van der Waals surface area contributed by atoms with Gasteiger partial charge in [-0.05, 0) is 24.3 Å². The Morgan fingerprint density at radius 1 is 1.17 bits per heavy atom. The van der Waals surface area contributed by atoms with Crippen LogP contribution in [0.5, 0.6) is 0 Å². The smallest absolute Gasteiger partial charge is 0.357 e. The summed E-state index contributed by atoms with van der Waals surface area (Å²) in [6.45, 7) is 0. The van der Waals surface area contributed by atoms with Crippen LogP contribution in [-0.4, -0.2) is 10.9 Å². The lowest BCUT2D eigenvalue weighted by molar-refractivity contribution is -0.677. The number of guanidine groups is 1. The van der Waals surface area contributed by atoms with E-state index in [4.69, 9.17) is 5.73 Å². The van der Waals surface area contributed by atoms with Crippen LogP contribution in [0, 0.1) is 0 Å². The number of rotatable bonds is 1. The van der Waals surface area contributed by atoms with Gasteiger partial charge in [-0.15, -0.1) is 0 Å². The SMILES string of the molecule is NC1=N[C@H](c2cccc(Br)c2)[n+]2c([nH]c(=O)c3ccccc32)N1. The lowest BCUT2D eigenvalue weighted by Gasteiger charge is -2.21. The van der Waals surface area contributed by atoms with Crippen molar-refractivity contribution in [1.29, 1.82) is 0 Å². The van der Waals surface area contributed by atoms with E-state index in [2.05, 4.69) is 31.2 Å². The van der Waals surface area contributed by atoms with Crippen LogP contribution in [-0.2, 0) is 0 Å². The van der Waals surface area contributed by atoms with Crippen LogP contribution in [0.3, 0.4) is 0 Å². The summed E-state index contributed by atoms with van der Waals surface area (Å²) in [5, 5.41) is 3.54. The number of halogens is 1. The lowest BCUT2D eigenvalue weighted by atomic mass is 10.1. The van der Waals surface area contributed by atoms with E-state index in [-0.39, 0.29) is 17.7 Å². The average molecular weight is 371 g/mol. The zero-order valence-corrected chi connectivity index (χ0v) is 13.5. The summed E-state index contributed by atoms with van der Waals surface area (Å²) in [7, 11) is 0. The number of nitrogens with zero attached hydrogens (tertiary/aromatic N) is 2. The second kappa shape index (κ2) is 5.20. The number of anilines is 1. The number of para-hydroxylation sites is 1. The largest absolute Gasteiger partial charge is 0.367 e. The van der Waals surface area contributed by atoms with Crippen molar-refractivity contribution in [3.05, 3.63) is 68.9 Å². The van der Waals surface area contributed by atoms with Crippen molar-refractivity contribution in [2.75, 3.05) is 5.32 Å². The number of aliphatic imine (C=N–C) groups is 1. The van der Waals surface area contributed by atoms with E-state index in [0.717, 1.165) is 15.6 Å². The van der Waals surface area contributed by atoms with Gasteiger partial charge in [0.25, 0.3) is 5.96 Å². The minimum absolute atomic E-state index is 0.165. The van der Waals surface area contributed by atoms with E-state index in [0.29, 0.717) is 11.3 Å². The topological polar surface area (TPSA) is 87.2 Å². The predicted octanol–water partition coefficient (Wildman–Crippen LogP) is 1.87. The van der Waals surface area contributed by atoms with Gasteiger partial charge in [-0.25, -0.2) is 14.9 Å². The summed E-state index contributed by atoms with van der Waals surface area (Å²) in [6.07, 6.45) is -0.356. The van der Waals surface area contributed by atoms with E-state index in [9.17, 15) is 4.79 Å². The minimum atomic E-state index is -0.356. The molecule has 0 spiro atoms. The van der Waals surface area contributed by atoms with Crippen LogP contribution in [0.4, 0.5) is 5.95 Å². The fraction of sp³-hybridized carbons (Fsp3) is 0.0625. The fourth-order valence-corrected chi connectivity index (χ4v) is 3.23. The van der Waals surface area contributed by atoms with Gasteiger partial charge in [-0.2, -0.15) is 4.99 Å². The Labute approximate surface area is 139 Å². The number of fused-ring (bicyclic) bond motifs is 3. The lowest BCUT2D eigenvalue weighted by Crippen LogP contribution is -2.51. The highest BCUT2D eigenvalue weighted by atomic mass is 79.9. The highest BCUT2D eigenvalue weighted by Crippen LogP contribution is 2.23. The van der Waals surface area contributed by atoms with E-state index < -0.39 is 0 Å². The van der Waals surface area contributed by atoms with Gasteiger partial charge in [0.1, 0.15) is 5.52 Å². The molecule has 3 aromatic rings. The van der Waals surface area contributed by atoms with Crippen molar-refractivity contribution in [2.45, 2.75) is 6.17 Å². The molecule has 7 heteroatoms. The van der Waals surface area contributed by atoms with Crippen LogP contribution in [0.1, 0.15) is 11.7 Å². The molecule has 4 N–H and O–H groups in total. The quantitative estimate of drug-likeness (QED) is 0.571. The van der Waals surface area contributed by atoms with E-state index in [1.165, 1.54) is 0 Å². The molecule has 2 heterocycles. The third-order valence-corrected chi connectivity index (χ3v) is 4.27. The number of nitrogens with one attached hydrogen (secondary N) is 2. The Morgan fingerprint density at radius 3 is 2.83 bits per heavy atom. The first kappa shape index (κ1) is 14.0. The first-order valence-electron chi connectivity index (χ1n) is 7.06. The minimum Gasteiger partial charge on any atom is -0.357 e. The Kier molecular flexibility index (Phi) is 3.16. The normalized spacial score (nSPS) is 16.6. The van der Waals surface area contributed by atoms with Gasteiger partial charge in [0.2, 0.25) is 6.17 Å². The number of hydrogen-bond donors (Lipinski definition) is 3. The fourth-order valence-electron chi connectivity index (χ4n) is 2.81. The van der Waals surface area contributed by atoms with Crippen molar-refractivity contribution in [1.82, 2.24) is 4.98 Å². The molecule has 0 unspecified atom stereocenters. The molecule has 1 atom stereocenters. The summed E-state index contributed by atoms with van der Waals surface area (Å²) in [5.41, 5.74) is 7.49. The van der Waals surface area contributed by atoms with Crippen molar-refractivity contribution in [3.63, 3.8) is 0 Å². The maximum atomic E-state index is 12.3. The Morgan fingerprint density at radius 2 is 2.00 bits per heavy atom. The molecular weight excluding hydrogens is 358 g/mol. The summed E-state index contributed by atoms with van der Waals surface area (Å²) >= 11 is 3.48. The maximum absolute atomic E-state index is 12.3. The Balaban J connectivity index is 2.05. The number of nitrogens with two attached hydrogens (primary N) is 1. The number of aromatic nitrogens is 2. The molecule has 0 bridgehead atoms. The third kappa shape index (κ3) is 2.29. The zero-order valence-electron chi connectivity index (χ0n) is 12.0. The number of H-pyrrole nitrogens is 1. The highest BCUT2D eigenvalue weighted by Gasteiger charge is 2.30. The standard InChI is InChI=1S/C16H12BrN5O/c17-10-5-3-4-9(8-10)13-19-15(18)21-16-20-14(23)11-6-1-2-7-12(11)22(13)16/h1-8,13H,(H3,18,19,20,21,23)/p+1/t13-/m0/s1. The molecule has 6 nitrogen and oxygen atoms in total. The molecule has 0 fully saturated rings. The van der Waals surface area contributed by atoms with Crippen molar-refractivity contribution in [3.8, 4) is 0 Å². The Hall–Kier alpha value is -2.67. The predicted molar refractivity (Wildman–Crippen MR) is 92.3 cm³/mol. The molecular formula is C16H13BrN5O+. The first-order valence-corrected chi connectivity index (χ1v) is 7.85. The molecule has 0 saturated heterocycles. The number of hydrogen-bond acceptors (Lipinski definition) is 4. The van der Waals surface area contributed by atoms with Crippen LogP contribution in [0.2, 0.25) is 0 Å². The van der Waals surface area contributed by atoms with E-state index in [1.807, 2.05) is 47.0 Å². The molecule has 0 saturated carbocycles. The number of aromatic amines is 1. The second-order valence-electron chi connectivity index (χ2n) is 5.26. The molecule has 1 aliphatic heterocycles. The maximum Gasteiger partial charge on any atom is 0.367 e. The molecule has 0 aliphatic carbocycles. The molecule has 1 aromatic heterocycles. The van der Waals surface area contributed by atoms with Gasteiger partial charge in [0.15, 0.2) is 0 Å². The first-order chi connectivity index (χ1) is 11.1. The molecule has 4 rings (SSSR count). The zero-order chi connectivity index (χ0) is 16.0. The third-order valence-electron chi connectivity index (χ3n) is 3.78. The van der Waals surface area contributed by atoms with Crippen LogP contribution in [0.15, 0.2) is 62.8 Å². The van der Waals surface area contributed by atoms with Crippen molar-refractivity contribution >= 4 is 38.7 Å². The van der Waals surface area contributed by atoms with Gasteiger partial charge in [-0.3, -0.25) is 4.79 Å². The van der Waals surface area contributed by atoms with Gasteiger partial charge in [0, 0.05) is 10.0 Å². The summed E-state index contributed by atoms with van der Waals surface area (Å²) in [6, 6.07) is 15.3. The van der Waals surface area contributed by atoms with Gasteiger partial charge in [0.05, 0.1) is 5.39 Å². The van der Waals surface area contributed by atoms with Gasteiger partial charge >= 0.3 is 11.5 Å². The monoisotopic (exact) mass is 370 g/mol. The van der Waals surface area contributed by atoms with Crippen LogP contribution in [0.25, 0.3) is 10.9 Å². The van der Waals surface area contributed by atoms with Crippen LogP contribution < -0.4 is 21.2 Å². The van der Waals surface area contributed by atoms with Gasteiger partial charge < -0.3 is 5.73 Å². The molecule has 114 valence electrons. The summed E-state index contributed by atoms with van der Waals surface area (Å²) in [5.74, 6) is 0.784.